The zero-order valence-corrected chi connectivity index (χ0v) is 25.7. The molecule has 232 valence electrons. The van der Waals surface area contributed by atoms with Gasteiger partial charge in [-0.15, -0.1) is 0 Å². The van der Waals surface area contributed by atoms with Gasteiger partial charge in [0.2, 0.25) is 6.41 Å². The fourth-order valence-corrected chi connectivity index (χ4v) is 5.70. The Hall–Kier alpha value is -3.69. The van der Waals surface area contributed by atoms with Crippen LogP contribution in [0.1, 0.15) is 48.1 Å². The molecule has 1 aliphatic heterocycles. The van der Waals surface area contributed by atoms with Gasteiger partial charge < -0.3 is 28.9 Å². The normalized spacial score (nSPS) is 14.4. The minimum absolute atomic E-state index is 0.0830. The lowest BCUT2D eigenvalue weighted by molar-refractivity contribution is -0.121. The number of carbonyl (C=O) groups excluding carboxylic acids is 1. The van der Waals surface area contributed by atoms with E-state index in [1.165, 1.54) is 18.2 Å². The molecule has 1 heterocycles. The van der Waals surface area contributed by atoms with Crippen LogP contribution >= 0.6 is 0 Å². The third-order valence-electron chi connectivity index (χ3n) is 8.29. The summed E-state index contributed by atoms with van der Waals surface area (Å²) in [6.07, 6.45) is 2.05. The molecule has 43 heavy (non-hydrogen) atoms. The third-order valence-corrected chi connectivity index (χ3v) is 8.29. The number of rotatable bonds is 15. The number of methoxy groups -OCH3 is 2. The molecule has 0 saturated carbocycles. The summed E-state index contributed by atoms with van der Waals surface area (Å²) in [6, 6.07) is 15.5. The Balaban J connectivity index is 1.55. The molecule has 1 amide bonds. The predicted molar refractivity (Wildman–Crippen MR) is 165 cm³/mol. The highest BCUT2D eigenvalue weighted by atomic mass is 19.1. The van der Waals surface area contributed by atoms with Gasteiger partial charge >= 0.3 is 0 Å². The molecule has 0 N–H and O–H groups in total. The first kappa shape index (κ1) is 32.2. The van der Waals surface area contributed by atoms with Crippen molar-refractivity contribution in [1.82, 2.24) is 9.80 Å². The van der Waals surface area contributed by atoms with Gasteiger partial charge in [0.05, 0.1) is 26.9 Å². The first-order chi connectivity index (χ1) is 20.9. The Morgan fingerprint density at radius 3 is 2.28 bits per heavy atom. The topological polar surface area (TPSA) is 54.5 Å². The second kappa shape index (κ2) is 15.7. The van der Waals surface area contributed by atoms with Crippen LogP contribution in [0.4, 0.5) is 14.5 Å². The van der Waals surface area contributed by atoms with Gasteiger partial charge in [-0.05, 0) is 73.3 Å². The smallest absolute Gasteiger partial charge is 0.210 e. The number of piperazine rings is 1. The van der Waals surface area contributed by atoms with Gasteiger partial charge in [-0.3, -0.25) is 4.79 Å². The van der Waals surface area contributed by atoms with Crippen molar-refractivity contribution >= 4 is 12.1 Å². The van der Waals surface area contributed by atoms with Crippen molar-refractivity contribution in [2.75, 3.05) is 58.5 Å². The average molecular weight is 596 g/mol. The highest BCUT2D eigenvalue weighted by Gasteiger charge is 2.25. The number of anilines is 1. The van der Waals surface area contributed by atoms with E-state index in [0.717, 1.165) is 61.5 Å². The fourth-order valence-electron chi connectivity index (χ4n) is 5.70. The van der Waals surface area contributed by atoms with E-state index in [2.05, 4.69) is 41.8 Å². The van der Waals surface area contributed by atoms with Gasteiger partial charge in [0.25, 0.3) is 0 Å². The minimum atomic E-state index is -0.625. The van der Waals surface area contributed by atoms with E-state index in [4.69, 9.17) is 14.2 Å². The summed E-state index contributed by atoms with van der Waals surface area (Å²) in [5, 5.41) is 0. The molecule has 0 unspecified atom stereocenters. The number of halogens is 2. The average Bonchev–Trinajstić information content (AvgIpc) is 3.03. The van der Waals surface area contributed by atoms with Gasteiger partial charge in [-0.1, -0.05) is 31.2 Å². The first-order valence-electron chi connectivity index (χ1n) is 14.9. The molecule has 3 aromatic carbocycles. The highest BCUT2D eigenvalue weighted by Crippen LogP contribution is 2.36. The summed E-state index contributed by atoms with van der Waals surface area (Å²) in [4.78, 5) is 19.5. The maximum atomic E-state index is 14.0. The van der Waals surface area contributed by atoms with Crippen molar-refractivity contribution in [1.29, 1.82) is 0 Å². The van der Waals surface area contributed by atoms with Crippen LogP contribution in [0, 0.1) is 18.6 Å². The number of aryl methyl sites for hydroxylation is 1. The lowest BCUT2D eigenvalue weighted by Gasteiger charge is -2.38. The Morgan fingerprint density at radius 1 is 0.930 bits per heavy atom. The van der Waals surface area contributed by atoms with E-state index in [1.807, 2.05) is 23.1 Å². The molecule has 0 radical (unpaired) electrons. The van der Waals surface area contributed by atoms with Crippen LogP contribution < -0.4 is 14.4 Å². The van der Waals surface area contributed by atoms with Gasteiger partial charge in [-0.2, -0.15) is 0 Å². The van der Waals surface area contributed by atoms with Crippen LogP contribution in [0.2, 0.25) is 0 Å². The predicted octanol–water partition coefficient (Wildman–Crippen LogP) is 6.13. The monoisotopic (exact) mass is 595 g/mol. The molecule has 0 spiro atoms. The zero-order valence-electron chi connectivity index (χ0n) is 25.7. The van der Waals surface area contributed by atoms with Crippen LogP contribution in [-0.4, -0.2) is 69.8 Å². The summed E-state index contributed by atoms with van der Waals surface area (Å²) in [7, 11) is 3.17. The molecule has 1 fully saturated rings. The van der Waals surface area contributed by atoms with Gasteiger partial charge in [0.15, 0.2) is 11.5 Å². The van der Waals surface area contributed by atoms with E-state index in [0.29, 0.717) is 30.9 Å². The van der Waals surface area contributed by atoms with Crippen LogP contribution in [0.5, 0.6) is 11.5 Å². The fraction of sp³-hybridized carbons (Fsp3) is 0.441. The van der Waals surface area contributed by atoms with E-state index in [9.17, 15) is 13.6 Å². The van der Waals surface area contributed by atoms with E-state index < -0.39 is 11.6 Å². The van der Waals surface area contributed by atoms with Gasteiger partial charge in [-0.25, -0.2) is 8.78 Å². The molecule has 0 bridgehead atoms. The Labute approximate surface area is 253 Å². The lowest BCUT2D eigenvalue weighted by Crippen LogP contribution is -2.46. The molecule has 0 aromatic heterocycles. The molecule has 9 heteroatoms. The largest absolute Gasteiger partial charge is 0.493 e. The number of ether oxygens (including phenoxy) is 3. The number of hydrogen-bond donors (Lipinski definition) is 0. The number of benzene rings is 3. The van der Waals surface area contributed by atoms with Crippen molar-refractivity contribution < 1.29 is 27.8 Å². The van der Waals surface area contributed by atoms with Crippen molar-refractivity contribution in [3.63, 3.8) is 0 Å². The first-order valence-corrected chi connectivity index (χ1v) is 14.9. The van der Waals surface area contributed by atoms with Crippen LogP contribution in [0.15, 0.2) is 54.6 Å². The summed E-state index contributed by atoms with van der Waals surface area (Å²) >= 11 is 0. The number of likely N-dealkylation sites (N-methyl/N-ethyl adjacent to an activating group) is 1. The summed E-state index contributed by atoms with van der Waals surface area (Å²) in [6.45, 7) is 9.75. The second-order valence-electron chi connectivity index (χ2n) is 10.8. The molecule has 1 aliphatic rings. The molecular formula is C34H43F2N3O4. The summed E-state index contributed by atoms with van der Waals surface area (Å²) < 4.78 is 44.8. The Morgan fingerprint density at radius 2 is 1.63 bits per heavy atom. The molecule has 1 atom stereocenters. The van der Waals surface area contributed by atoms with Crippen molar-refractivity contribution in [2.24, 2.45) is 0 Å². The molecule has 7 nitrogen and oxygen atoms in total. The van der Waals surface area contributed by atoms with Gasteiger partial charge in [0.1, 0.15) is 11.6 Å². The molecule has 1 saturated heterocycles. The maximum Gasteiger partial charge on any atom is 0.210 e. The van der Waals surface area contributed by atoms with Gasteiger partial charge in [0, 0.05) is 50.6 Å². The van der Waals surface area contributed by atoms with Crippen molar-refractivity contribution in [3.05, 3.63) is 88.5 Å². The molecule has 0 aliphatic carbocycles. The SMILES string of the molecule is CCN1CCN(c2cccc(C)c2CN(C=O)[C@H](CCCOCc2c(F)cccc2F)c2ccc(OC)c(OC)c2)CC1. The lowest BCUT2D eigenvalue weighted by atomic mass is 9.98. The number of nitrogens with zero attached hydrogens (tertiary/aromatic N) is 3. The standard InChI is InChI=1S/C34H43F2N3O4/c1-5-37-16-18-38(19-17-37)32-12-6-9-25(2)27(32)22-39(24-40)31(26-14-15-33(41-3)34(21-26)42-4)13-8-20-43-23-28-29(35)10-7-11-30(28)36/h6-7,9-12,14-15,21,24,31H,5,8,13,16-20,22-23H2,1-4H3/t31-/m1/s1. The van der Waals surface area contributed by atoms with Crippen LogP contribution in [0.25, 0.3) is 0 Å². The number of hydrogen-bond acceptors (Lipinski definition) is 6. The van der Waals surface area contributed by atoms with E-state index in [-0.39, 0.29) is 24.8 Å². The quantitative estimate of drug-likeness (QED) is 0.156. The highest BCUT2D eigenvalue weighted by molar-refractivity contribution is 5.59. The summed E-state index contributed by atoms with van der Waals surface area (Å²) in [5.74, 6) is -0.0706. The maximum absolute atomic E-state index is 14.0. The van der Waals surface area contributed by atoms with Crippen molar-refractivity contribution in [3.8, 4) is 11.5 Å². The van der Waals surface area contributed by atoms with Crippen LogP contribution in [-0.2, 0) is 22.7 Å². The number of carbonyl (C=O) groups is 1. The minimum Gasteiger partial charge on any atom is -0.493 e. The second-order valence-corrected chi connectivity index (χ2v) is 10.8. The number of amides is 1. The van der Waals surface area contributed by atoms with Crippen LogP contribution in [0.3, 0.4) is 0 Å². The van der Waals surface area contributed by atoms with Crippen molar-refractivity contribution in [2.45, 2.75) is 45.9 Å². The summed E-state index contributed by atoms with van der Waals surface area (Å²) in [5.41, 5.74) is 4.22. The zero-order chi connectivity index (χ0) is 30.8. The third kappa shape index (κ3) is 8.03. The molecular weight excluding hydrogens is 552 g/mol. The molecule has 4 rings (SSSR count). The Kier molecular flexibility index (Phi) is 11.8. The Bertz CT molecular complexity index is 1330. The van der Waals surface area contributed by atoms with E-state index >= 15 is 0 Å². The molecule has 3 aromatic rings. The van der Waals surface area contributed by atoms with E-state index in [1.54, 1.807) is 14.2 Å².